The van der Waals surface area contributed by atoms with E-state index in [0.29, 0.717) is 6.54 Å². The second kappa shape index (κ2) is 5.83. The van der Waals surface area contributed by atoms with Crippen LogP contribution >= 0.6 is 0 Å². The van der Waals surface area contributed by atoms with Crippen molar-refractivity contribution in [1.29, 1.82) is 0 Å². The first-order valence-electron chi connectivity index (χ1n) is 6.95. The van der Waals surface area contributed by atoms with Gasteiger partial charge in [-0.2, -0.15) is 0 Å². The molecule has 0 saturated heterocycles. The van der Waals surface area contributed by atoms with E-state index in [-0.39, 0.29) is 5.82 Å². The lowest BCUT2D eigenvalue weighted by Crippen LogP contribution is -2.02. The summed E-state index contributed by atoms with van der Waals surface area (Å²) in [7, 11) is 0. The van der Waals surface area contributed by atoms with Crippen LogP contribution < -0.4 is 5.32 Å². The number of rotatable bonds is 4. The first kappa shape index (κ1) is 13.4. The van der Waals surface area contributed by atoms with Gasteiger partial charge in [-0.25, -0.2) is 4.39 Å². The molecule has 0 saturated carbocycles. The van der Waals surface area contributed by atoms with E-state index >= 15 is 0 Å². The lowest BCUT2D eigenvalue weighted by atomic mass is 10.1. The lowest BCUT2D eigenvalue weighted by molar-refractivity contribution is 0.625. The molecule has 0 bridgehead atoms. The monoisotopic (exact) mass is 280 g/mol. The van der Waals surface area contributed by atoms with E-state index in [4.69, 9.17) is 0 Å². The van der Waals surface area contributed by atoms with Crippen LogP contribution in [0.15, 0.2) is 67.0 Å². The van der Waals surface area contributed by atoms with Crippen LogP contribution in [-0.4, -0.2) is 4.57 Å². The van der Waals surface area contributed by atoms with Gasteiger partial charge in [-0.15, -0.1) is 0 Å². The van der Waals surface area contributed by atoms with Gasteiger partial charge in [-0.05, 0) is 60.5 Å². The highest BCUT2D eigenvalue weighted by Gasteiger charge is 2.02. The van der Waals surface area contributed by atoms with Crippen molar-refractivity contribution in [1.82, 2.24) is 4.57 Å². The molecule has 0 fully saturated rings. The number of aromatic nitrogens is 1. The normalized spacial score (nSPS) is 10.6. The van der Waals surface area contributed by atoms with Gasteiger partial charge in [0.1, 0.15) is 5.82 Å². The summed E-state index contributed by atoms with van der Waals surface area (Å²) >= 11 is 0. The van der Waals surface area contributed by atoms with Gasteiger partial charge in [-0.1, -0.05) is 12.1 Å². The minimum Gasteiger partial charge on any atom is -0.381 e. The lowest BCUT2D eigenvalue weighted by Gasteiger charge is -2.11. The van der Waals surface area contributed by atoms with Crippen molar-refractivity contribution < 1.29 is 4.39 Å². The van der Waals surface area contributed by atoms with E-state index in [2.05, 4.69) is 22.0 Å². The number of benzene rings is 2. The number of nitrogens with one attached hydrogen (secondary N) is 1. The smallest absolute Gasteiger partial charge is 0.123 e. The summed E-state index contributed by atoms with van der Waals surface area (Å²) < 4.78 is 15.3. The predicted octanol–water partition coefficient (Wildman–Crippen LogP) is 4.54. The second-order valence-electron chi connectivity index (χ2n) is 5.07. The number of nitrogens with zero attached hydrogens (tertiary/aromatic N) is 1. The molecule has 1 aromatic heterocycles. The van der Waals surface area contributed by atoms with Crippen LogP contribution in [0, 0.1) is 12.7 Å². The molecule has 0 aliphatic heterocycles. The number of hydrogen-bond donors (Lipinski definition) is 1. The fourth-order valence-electron chi connectivity index (χ4n) is 2.31. The van der Waals surface area contributed by atoms with Gasteiger partial charge in [0.25, 0.3) is 0 Å². The average Bonchev–Trinajstić information content (AvgIpc) is 3.03. The SMILES string of the molecule is Cc1ccc(F)cc1CNc1cccc(-n2cccc2)c1. The maximum Gasteiger partial charge on any atom is 0.123 e. The molecule has 3 rings (SSSR count). The fourth-order valence-corrected chi connectivity index (χ4v) is 2.31. The molecule has 3 heteroatoms. The van der Waals surface area contributed by atoms with Gasteiger partial charge < -0.3 is 9.88 Å². The van der Waals surface area contributed by atoms with Crippen molar-refractivity contribution in [2.24, 2.45) is 0 Å². The molecule has 0 radical (unpaired) electrons. The topological polar surface area (TPSA) is 17.0 Å². The highest BCUT2D eigenvalue weighted by molar-refractivity contribution is 5.51. The summed E-state index contributed by atoms with van der Waals surface area (Å²) in [6, 6.07) is 17.0. The van der Waals surface area contributed by atoms with Gasteiger partial charge >= 0.3 is 0 Å². The molecule has 0 spiro atoms. The summed E-state index contributed by atoms with van der Waals surface area (Å²) in [6.45, 7) is 2.60. The van der Waals surface area contributed by atoms with Crippen LogP contribution in [-0.2, 0) is 6.54 Å². The zero-order valence-electron chi connectivity index (χ0n) is 11.9. The van der Waals surface area contributed by atoms with Crippen LogP contribution in [0.25, 0.3) is 5.69 Å². The van der Waals surface area contributed by atoms with Crippen LogP contribution in [0.4, 0.5) is 10.1 Å². The first-order valence-corrected chi connectivity index (χ1v) is 6.95. The van der Waals surface area contributed by atoms with E-state index in [1.807, 2.05) is 49.6 Å². The maximum absolute atomic E-state index is 13.3. The molecule has 3 aromatic rings. The zero-order valence-corrected chi connectivity index (χ0v) is 11.9. The molecule has 0 aliphatic carbocycles. The summed E-state index contributed by atoms with van der Waals surface area (Å²) in [6.07, 6.45) is 4.02. The average molecular weight is 280 g/mol. The Kier molecular flexibility index (Phi) is 3.73. The zero-order chi connectivity index (χ0) is 14.7. The predicted molar refractivity (Wildman–Crippen MR) is 84.2 cm³/mol. The molecule has 0 unspecified atom stereocenters. The molecular weight excluding hydrogens is 263 g/mol. The quantitative estimate of drug-likeness (QED) is 0.742. The molecule has 2 nitrogen and oxygen atoms in total. The Morgan fingerprint density at radius 1 is 1.00 bits per heavy atom. The van der Waals surface area contributed by atoms with Crippen molar-refractivity contribution >= 4 is 5.69 Å². The molecule has 1 N–H and O–H groups in total. The highest BCUT2D eigenvalue weighted by Crippen LogP contribution is 2.17. The molecule has 21 heavy (non-hydrogen) atoms. The van der Waals surface area contributed by atoms with Crippen LogP contribution in [0.1, 0.15) is 11.1 Å². The minimum atomic E-state index is -0.196. The first-order chi connectivity index (χ1) is 10.2. The van der Waals surface area contributed by atoms with Gasteiger partial charge in [-0.3, -0.25) is 0 Å². The molecule has 0 atom stereocenters. The third kappa shape index (κ3) is 3.14. The Hall–Kier alpha value is -2.55. The molecule has 0 amide bonds. The van der Waals surface area contributed by atoms with Crippen molar-refractivity contribution in [2.75, 3.05) is 5.32 Å². The maximum atomic E-state index is 13.3. The number of anilines is 1. The summed E-state index contributed by atoms with van der Waals surface area (Å²) in [5.74, 6) is -0.196. The fraction of sp³-hybridized carbons (Fsp3) is 0.111. The van der Waals surface area contributed by atoms with Crippen molar-refractivity contribution in [3.8, 4) is 5.69 Å². The van der Waals surface area contributed by atoms with Gasteiger partial charge in [0.05, 0.1) is 0 Å². The highest BCUT2D eigenvalue weighted by atomic mass is 19.1. The van der Waals surface area contributed by atoms with E-state index in [1.54, 1.807) is 6.07 Å². The molecular formula is C18H17FN2. The number of aryl methyl sites for hydroxylation is 1. The Morgan fingerprint density at radius 3 is 2.62 bits per heavy atom. The van der Waals surface area contributed by atoms with Crippen molar-refractivity contribution in [2.45, 2.75) is 13.5 Å². The van der Waals surface area contributed by atoms with E-state index in [0.717, 1.165) is 22.5 Å². The van der Waals surface area contributed by atoms with Gasteiger partial charge in [0, 0.05) is 30.3 Å². The second-order valence-corrected chi connectivity index (χ2v) is 5.07. The van der Waals surface area contributed by atoms with Gasteiger partial charge in [0.2, 0.25) is 0 Å². The standard InChI is InChI=1S/C18H17FN2/c1-14-7-8-16(19)11-15(14)13-20-17-5-4-6-18(12-17)21-9-2-3-10-21/h2-12,20H,13H2,1H3. The van der Waals surface area contributed by atoms with E-state index in [9.17, 15) is 4.39 Å². The molecule has 106 valence electrons. The largest absolute Gasteiger partial charge is 0.381 e. The Morgan fingerprint density at radius 2 is 1.81 bits per heavy atom. The van der Waals surface area contributed by atoms with Crippen LogP contribution in [0.3, 0.4) is 0 Å². The van der Waals surface area contributed by atoms with Gasteiger partial charge in [0.15, 0.2) is 0 Å². The van der Waals surface area contributed by atoms with E-state index in [1.165, 1.54) is 6.07 Å². The Labute approximate surface area is 123 Å². The molecule has 2 aromatic carbocycles. The summed E-state index contributed by atoms with van der Waals surface area (Å²) in [5.41, 5.74) is 4.18. The Bertz CT molecular complexity index is 733. The third-order valence-corrected chi connectivity index (χ3v) is 3.54. The van der Waals surface area contributed by atoms with Crippen LogP contribution in [0.5, 0.6) is 0 Å². The molecule has 0 aliphatic rings. The number of hydrogen-bond acceptors (Lipinski definition) is 1. The van der Waals surface area contributed by atoms with E-state index < -0.39 is 0 Å². The molecule has 1 heterocycles. The summed E-state index contributed by atoms with van der Waals surface area (Å²) in [5, 5.41) is 3.35. The van der Waals surface area contributed by atoms with Crippen LogP contribution in [0.2, 0.25) is 0 Å². The summed E-state index contributed by atoms with van der Waals surface area (Å²) in [4.78, 5) is 0. The van der Waals surface area contributed by atoms with Crippen molar-refractivity contribution in [3.05, 3.63) is 83.9 Å². The Balaban J connectivity index is 1.76. The van der Waals surface area contributed by atoms with Crippen molar-refractivity contribution in [3.63, 3.8) is 0 Å². The minimum absolute atomic E-state index is 0.196. The third-order valence-electron chi connectivity index (χ3n) is 3.54. The number of halogens is 1.